The van der Waals surface area contributed by atoms with E-state index >= 15 is 0 Å². The van der Waals surface area contributed by atoms with Crippen molar-refractivity contribution in [2.75, 3.05) is 26.9 Å². The lowest BCUT2D eigenvalue weighted by atomic mass is 9.95. The zero-order chi connectivity index (χ0) is 42.0. The predicted octanol–water partition coefficient (Wildman–Crippen LogP) is -1.45. The molecule has 2 aliphatic rings. The van der Waals surface area contributed by atoms with Crippen LogP contribution in [-0.4, -0.2) is 163 Å². The number of ether oxygens (including phenoxy) is 7. The number of carboxylic acid groups (broad SMARTS) is 1. The minimum atomic E-state index is -1.94. The number of phenols is 2. The Hall–Kier alpha value is -4.87. The maximum atomic E-state index is 12.9. The van der Waals surface area contributed by atoms with E-state index in [-0.39, 0.29) is 23.9 Å². The second kappa shape index (κ2) is 20.0. The summed E-state index contributed by atoms with van der Waals surface area (Å²) in [7, 11) is 1.25. The molecule has 0 aliphatic carbocycles. The Balaban J connectivity index is 1.35. The second-order valence-electron chi connectivity index (χ2n) is 13.3. The third-order valence-corrected chi connectivity index (χ3v) is 8.83. The Kier molecular flexibility index (Phi) is 15.7. The van der Waals surface area contributed by atoms with Crippen molar-refractivity contribution in [2.45, 2.75) is 86.8 Å². The summed E-state index contributed by atoms with van der Waals surface area (Å²) < 4.78 is 37.8. The molecular weight excluding hydrogens is 764 g/mol. The molecule has 2 aromatic carbocycles. The molecule has 0 spiro atoms. The molecule has 20 heteroatoms. The number of methoxy groups -OCH3 is 1. The van der Waals surface area contributed by atoms with E-state index in [1.807, 2.05) is 0 Å². The van der Waals surface area contributed by atoms with E-state index in [4.69, 9.17) is 33.2 Å². The molecule has 1 unspecified atom stereocenters. The molecule has 11 atom stereocenters. The standard InChI is InChI=1S/C37H46O20/c1-37(14-25(42)43,57-36-32(50)30(48)34(24(17-39)54-36)55-26(44)10-7-18-5-8-20(40)9-6-18)15-27(45)52-11-3-4-19-12-21(41)33(22(13-19)51-2)56-35-31(49)29(47)28(46)23(16-38)53-35/h3-10,12-13,23-24,28-32,34-36,38-41,46-50H,11,14-17H2,1-2H3,(H,42,43)/b4-3+,10-7-/t23-,24-,28-,29+,30-,31-,32-,34-,35+,36+,37?/m1/s1. The largest absolute Gasteiger partial charge is 0.508 e. The van der Waals surface area contributed by atoms with Gasteiger partial charge in [-0.25, -0.2) is 4.79 Å². The fraction of sp³-hybridized carbons (Fsp3) is 0.486. The van der Waals surface area contributed by atoms with Gasteiger partial charge in [-0.05, 0) is 54.5 Å². The number of carbonyl (C=O) groups excluding carboxylic acids is 2. The van der Waals surface area contributed by atoms with E-state index in [1.165, 1.54) is 68.7 Å². The van der Waals surface area contributed by atoms with E-state index in [9.17, 15) is 65.4 Å². The van der Waals surface area contributed by atoms with Gasteiger partial charge in [0.2, 0.25) is 12.0 Å². The van der Waals surface area contributed by atoms with Crippen LogP contribution >= 0.6 is 0 Å². The number of aliphatic hydroxyl groups excluding tert-OH is 7. The van der Waals surface area contributed by atoms with Crippen LogP contribution in [0.25, 0.3) is 12.2 Å². The number of aliphatic carboxylic acids is 1. The highest BCUT2D eigenvalue weighted by Crippen LogP contribution is 2.40. The number of hydrogen-bond acceptors (Lipinski definition) is 19. The van der Waals surface area contributed by atoms with Gasteiger partial charge in [-0.1, -0.05) is 18.2 Å². The molecule has 2 heterocycles. The van der Waals surface area contributed by atoms with Crippen LogP contribution in [0.5, 0.6) is 23.0 Å². The summed E-state index contributed by atoms with van der Waals surface area (Å²) in [5.74, 6) is -4.19. The van der Waals surface area contributed by atoms with E-state index in [1.54, 1.807) is 0 Å². The van der Waals surface area contributed by atoms with Crippen LogP contribution in [0.3, 0.4) is 0 Å². The number of benzene rings is 2. The minimum Gasteiger partial charge on any atom is -0.508 e. The van der Waals surface area contributed by atoms with Crippen LogP contribution in [0, 0.1) is 0 Å². The number of phenolic OH excluding ortho intramolecular Hbond substituents is 2. The number of rotatable bonds is 17. The molecule has 0 aromatic heterocycles. The number of carbonyl (C=O) groups is 3. The summed E-state index contributed by atoms with van der Waals surface area (Å²) in [4.78, 5) is 37.1. The number of aliphatic hydroxyl groups is 7. The lowest BCUT2D eigenvalue weighted by Crippen LogP contribution is -2.61. The van der Waals surface area contributed by atoms with Crippen molar-refractivity contribution in [3.05, 3.63) is 59.7 Å². The van der Waals surface area contributed by atoms with Crippen LogP contribution in [0.15, 0.2) is 48.6 Å². The van der Waals surface area contributed by atoms with Gasteiger partial charge >= 0.3 is 17.9 Å². The number of carboxylic acids is 1. The third kappa shape index (κ3) is 11.8. The van der Waals surface area contributed by atoms with Gasteiger partial charge in [0.15, 0.2) is 23.9 Å². The van der Waals surface area contributed by atoms with Crippen LogP contribution in [-0.2, 0) is 38.1 Å². The first-order valence-corrected chi connectivity index (χ1v) is 17.4. The molecule has 0 amide bonds. The monoisotopic (exact) mass is 810 g/mol. The van der Waals surface area contributed by atoms with Gasteiger partial charge in [-0.3, -0.25) is 9.59 Å². The molecule has 2 saturated heterocycles. The Bertz CT molecular complexity index is 1730. The van der Waals surface area contributed by atoms with E-state index in [0.29, 0.717) is 11.1 Å². The van der Waals surface area contributed by atoms with E-state index in [0.717, 1.165) is 6.08 Å². The molecule has 0 saturated carbocycles. The lowest BCUT2D eigenvalue weighted by Gasteiger charge is -2.44. The summed E-state index contributed by atoms with van der Waals surface area (Å²) in [6.45, 7) is -0.676. The molecular formula is C37H46O20. The minimum absolute atomic E-state index is 0.00991. The lowest BCUT2D eigenvalue weighted by molar-refractivity contribution is -0.326. The highest BCUT2D eigenvalue weighted by Gasteiger charge is 2.50. The van der Waals surface area contributed by atoms with Crippen molar-refractivity contribution in [1.29, 1.82) is 0 Å². The summed E-state index contributed by atoms with van der Waals surface area (Å²) in [5.41, 5.74) is -1.07. The normalized spacial score (nSPS) is 28.8. The fourth-order valence-corrected chi connectivity index (χ4v) is 5.90. The molecule has 57 heavy (non-hydrogen) atoms. The van der Waals surface area contributed by atoms with E-state index < -0.39 is 117 Å². The summed E-state index contributed by atoms with van der Waals surface area (Å²) in [5, 5.41) is 101. The van der Waals surface area contributed by atoms with Crippen LogP contribution in [0.4, 0.5) is 0 Å². The first-order chi connectivity index (χ1) is 27.0. The van der Waals surface area contributed by atoms with Crippen molar-refractivity contribution < 1.29 is 98.6 Å². The Morgan fingerprint density at radius 1 is 0.807 bits per heavy atom. The van der Waals surface area contributed by atoms with Gasteiger partial charge in [0, 0.05) is 6.08 Å². The molecule has 2 aromatic rings. The smallest absolute Gasteiger partial charge is 0.331 e. The van der Waals surface area contributed by atoms with Crippen molar-refractivity contribution in [1.82, 2.24) is 0 Å². The molecule has 10 N–H and O–H groups in total. The quantitative estimate of drug-likeness (QED) is 0.0645. The highest BCUT2D eigenvalue weighted by atomic mass is 16.7. The zero-order valence-electron chi connectivity index (χ0n) is 30.6. The fourth-order valence-electron chi connectivity index (χ4n) is 5.90. The van der Waals surface area contributed by atoms with Gasteiger partial charge < -0.3 is 84.2 Å². The average molecular weight is 811 g/mol. The molecule has 20 nitrogen and oxygen atoms in total. The first-order valence-electron chi connectivity index (χ1n) is 17.4. The topological polar surface area (TPSA) is 318 Å². The van der Waals surface area contributed by atoms with Crippen LogP contribution in [0.2, 0.25) is 0 Å². The Morgan fingerprint density at radius 2 is 1.46 bits per heavy atom. The Labute approximate surface area is 324 Å². The summed E-state index contributed by atoms with van der Waals surface area (Å²) in [6, 6.07) is 8.41. The molecule has 2 fully saturated rings. The van der Waals surface area contributed by atoms with Crippen LogP contribution < -0.4 is 9.47 Å². The maximum absolute atomic E-state index is 12.9. The summed E-state index contributed by atoms with van der Waals surface area (Å²) in [6.07, 6.45) is -13.0. The molecule has 4 rings (SSSR count). The van der Waals surface area contributed by atoms with E-state index in [2.05, 4.69) is 0 Å². The summed E-state index contributed by atoms with van der Waals surface area (Å²) >= 11 is 0. The van der Waals surface area contributed by atoms with Crippen molar-refractivity contribution in [3.63, 3.8) is 0 Å². The molecule has 0 radical (unpaired) electrons. The molecule has 2 aliphatic heterocycles. The second-order valence-corrected chi connectivity index (χ2v) is 13.3. The number of aromatic hydroxyl groups is 2. The predicted molar refractivity (Wildman–Crippen MR) is 190 cm³/mol. The maximum Gasteiger partial charge on any atom is 0.331 e. The molecule has 0 bridgehead atoms. The van der Waals surface area contributed by atoms with Gasteiger partial charge in [-0.15, -0.1) is 0 Å². The van der Waals surface area contributed by atoms with Gasteiger partial charge in [0.1, 0.15) is 55.1 Å². The third-order valence-electron chi connectivity index (χ3n) is 8.83. The molecule has 314 valence electrons. The van der Waals surface area contributed by atoms with Crippen molar-refractivity contribution in [2.24, 2.45) is 0 Å². The average Bonchev–Trinajstić information content (AvgIpc) is 3.16. The number of esters is 2. The van der Waals surface area contributed by atoms with Crippen molar-refractivity contribution in [3.8, 4) is 23.0 Å². The SMILES string of the molecule is COc1cc(/C=C/COC(=O)CC(C)(CC(=O)O)O[C@@H]2O[C@H](CO)[C@@H](OC(=O)/C=C\c3ccc(O)cc3)[C@H](O)[C@H]2O)cc(O)c1O[C@@H]1O[C@H](CO)[C@@H](O)[C@H](O)[C@H]1O. The first kappa shape index (κ1) is 44.8. The van der Waals surface area contributed by atoms with Gasteiger partial charge in [0.05, 0.1) is 38.8 Å². The van der Waals surface area contributed by atoms with Gasteiger partial charge in [-0.2, -0.15) is 0 Å². The number of hydrogen-bond donors (Lipinski definition) is 10. The Morgan fingerprint density at radius 3 is 2.09 bits per heavy atom. The van der Waals surface area contributed by atoms with Crippen LogP contribution in [0.1, 0.15) is 30.9 Å². The highest BCUT2D eigenvalue weighted by molar-refractivity contribution is 5.87. The van der Waals surface area contributed by atoms with Crippen molar-refractivity contribution >= 4 is 30.1 Å². The zero-order valence-corrected chi connectivity index (χ0v) is 30.6. The van der Waals surface area contributed by atoms with Gasteiger partial charge in [0.25, 0.3) is 0 Å².